The summed E-state index contributed by atoms with van der Waals surface area (Å²) in [7, 11) is -4.03. The monoisotopic (exact) mass is 353 g/mol. The average Bonchev–Trinajstić information content (AvgIpc) is 2.55. The summed E-state index contributed by atoms with van der Waals surface area (Å²) in [5.74, 6) is -2.35. The molecule has 2 N–H and O–H groups in total. The van der Waals surface area contributed by atoms with Crippen LogP contribution in [0.2, 0.25) is 0 Å². The van der Waals surface area contributed by atoms with E-state index in [-0.39, 0.29) is 11.4 Å². The lowest BCUT2D eigenvalue weighted by Gasteiger charge is -2.33. The molecule has 3 rings (SSSR count). The summed E-state index contributed by atoms with van der Waals surface area (Å²) in [6.45, 7) is -0.192. The van der Waals surface area contributed by atoms with Crippen molar-refractivity contribution in [3.8, 4) is 0 Å². The Morgan fingerprint density at radius 2 is 1.79 bits per heavy atom. The van der Waals surface area contributed by atoms with Crippen LogP contribution < -0.4 is 4.72 Å². The predicted octanol–water partition coefficient (Wildman–Crippen LogP) is 2.16. The van der Waals surface area contributed by atoms with Gasteiger partial charge < -0.3 is 5.11 Å². The lowest BCUT2D eigenvalue weighted by molar-refractivity contribution is 0.0317. The average molecular weight is 353 g/mol. The molecule has 0 radical (unpaired) electrons. The summed E-state index contributed by atoms with van der Waals surface area (Å²) in [5, 5.41) is 10.7. The summed E-state index contributed by atoms with van der Waals surface area (Å²) in [6.07, 6.45) is 1.41. The number of benzene rings is 2. The maximum atomic E-state index is 13.2. The minimum Gasteiger partial charge on any atom is -0.388 e. The first-order valence-electron chi connectivity index (χ1n) is 7.53. The molecule has 0 saturated heterocycles. The molecule has 1 atom stereocenters. The first kappa shape index (κ1) is 17.0. The number of nitrogens with one attached hydrogen (secondary N) is 1. The molecule has 0 aliphatic heterocycles. The van der Waals surface area contributed by atoms with Gasteiger partial charge in [-0.15, -0.1) is 0 Å². The smallest absolute Gasteiger partial charge is 0.240 e. The molecule has 128 valence electrons. The molecule has 0 spiro atoms. The molecule has 0 bridgehead atoms. The van der Waals surface area contributed by atoms with Crippen LogP contribution in [0.1, 0.15) is 17.5 Å². The van der Waals surface area contributed by atoms with Gasteiger partial charge in [-0.25, -0.2) is 21.9 Å². The van der Waals surface area contributed by atoms with Crippen LogP contribution in [0.25, 0.3) is 0 Å². The molecule has 1 aliphatic carbocycles. The third-order valence-corrected chi connectivity index (χ3v) is 5.69. The number of aryl methyl sites for hydroxylation is 1. The van der Waals surface area contributed by atoms with Crippen LogP contribution in [-0.4, -0.2) is 25.7 Å². The normalized spacial score (nSPS) is 20.6. The minimum absolute atomic E-state index is 0.192. The summed E-state index contributed by atoms with van der Waals surface area (Å²) in [4.78, 5) is -0.374. The molecule has 0 fully saturated rings. The van der Waals surface area contributed by atoms with E-state index < -0.39 is 27.3 Å². The quantitative estimate of drug-likeness (QED) is 0.885. The van der Waals surface area contributed by atoms with Gasteiger partial charge in [0.05, 0.1) is 10.5 Å². The topological polar surface area (TPSA) is 66.4 Å². The zero-order valence-corrected chi connectivity index (χ0v) is 13.6. The van der Waals surface area contributed by atoms with Crippen LogP contribution in [-0.2, 0) is 22.9 Å². The molecule has 4 nitrogen and oxygen atoms in total. The number of fused-ring (bicyclic) bond motifs is 1. The van der Waals surface area contributed by atoms with Gasteiger partial charge in [0.1, 0.15) is 0 Å². The zero-order valence-electron chi connectivity index (χ0n) is 12.8. The Hall–Kier alpha value is -1.83. The molecular formula is C17H17F2NO3S. The van der Waals surface area contributed by atoms with Crippen molar-refractivity contribution in [2.45, 2.75) is 29.8 Å². The van der Waals surface area contributed by atoms with Gasteiger partial charge >= 0.3 is 0 Å². The standard InChI is InChI=1S/C17H17F2NO3S/c18-15-6-5-14(9-16(15)19)24(22,23)20-11-17(21)8-7-12-3-1-2-4-13(12)10-17/h1-6,9,20-21H,7-8,10-11H2. The highest BCUT2D eigenvalue weighted by atomic mass is 32.2. The van der Waals surface area contributed by atoms with Crippen molar-refractivity contribution < 1.29 is 22.3 Å². The van der Waals surface area contributed by atoms with Gasteiger partial charge in [-0.05, 0) is 42.2 Å². The molecule has 0 amide bonds. The Morgan fingerprint density at radius 3 is 2.50 bits per heavy atom. The number of sulfonamides is 1. The molecule has 2 aromatic rings. The molecular weight excluding hydrogens is 336 g/mol. The molecule has 0 saturated carbocycles. The highest BCUT2D eigenvalue weighted by Crippen LogP contribution is 2.28. The lowest BCUT2D eigenvalue weighted by atomic mass is 9.80. The number of hydrogen-bond acceptors (Lipinski definition) is 3. The van der Waals surface area contributed by atoms with Crippen LogP contribution in [0.4, 0.5) is 8.78 Å². The van der Waals surface area contributed by atoms with Crippen molar-refractivity contribution in [2.75, 3.05) is 6.54 Å². The number of aliphatic hydroxyl groups is 1. The summed E-state index contributed by atoms with van der Waals surface area (Å²) in [6, 6.07) is 10.1. The number of halogens is 2. The largest absolute Gasteiger partial charge is 0.388 e. The maximum Gasteiger partial charge on any atom is 0.240 e. The van der Waals surface area contributed by atoms with Crippen molar-refractivity contribution in [3.05, 3.63) is 65.2 Å². The summed E-state index contributed by atoms with van der Waals surface area (Å²) >= 11 is 0. The van der Waals surface area contributed by atoms with Gasteiger partial charge in [0.2, 0.25) is 10.0 Å². The highest BCUT2D eigenvalue weighted by molar-refractivity contribution is 7.89. The molecule has 2 aromatic carbocycles. The van der Waals surface area contributed by atoms with E-state index in [1.807, 2.05) is 24.3 Å². The fourth-order valence-corrected chi connectivity index (χ4v) is 4.02. The van der Waals surface area contributed by atoms with Gasteiger partial charge in [0.15, 0.2) is 11.6 Å². The number of rotatable bonds is 4. The van der Waals surface area contributed by atoms with Gasteiger partial charge in [0.25, 0.3) is 0 Å². The van der Waals surface area contributed by atoms with Crippen molar-refractivity contribution in [1.29, 1.82) is 0 Å². The number of hydrogen-bond donors (Lipinski definition) is 2. The van der Waals surface area contributed by atoms with Gasteiger partial charge in [-0.1, -0.05) is 24.3 Å². The molecule has 0 heterocycles. The Labute approximate surface area is 139 Å². The van der Waals surface area contributed by atoms with Crippen LogP contribution in [0.3, 0.4) is 0 Å². The maximum absolute atomic E-state index is 13.2. The molecule has 1 unspecified atom stereocenters. The van der Waals surface area contributed by atoms with E-state index in [0.29, 0.717) is 25.3 Å². The Balaban J connectivity index is 1.74. The van der Waals surface area contributed by atoms with E-state index in [4.69, 9.17) is 0 Å². The van der Waals surface area contributed by atoms with Crippen molar-refractivity contribution in [1.82, 2.24) is 4.72 Å². The van der Waals surface area contributed by atoms with Crippen LogP contribution in [0, 0.1) is 11.6 Å². The van der Waals surface area contributed by atoms with Crippen molar-refractivity contribution in [3.63, 3.8) is 0 Å². The predicted molar refractivity (Wildman–Crippen MR) is 85.0 cm³/mol. The first-order chi connectivity index (χ1) is 11.3. The van der Waals surface area contributed by atoms with Gasteiger partial charge in [-0.3, -0.25) is 0 Å². The van der Waals surface area contributed by atoms with E-state index in [9.17, 15) is 22.3 Å². The third-order valence-electron chi connectivity index (χ3n) is 4.29. The van der Waals surface area contributed by atoms with Gasteiger partial charge in [0, 0.05) is 13.0 Å². The Bertz CT molecular complexity index is 870. The molecule has 7 heteroatoms. The fraction of sp³-hybridized carbons (Fsp3) is 0.294. The fourth-order valence-electron chi connectivity index (χ4n) is 2.89. The SMILES string of the molecule is O=S(=O)(NCC1(O)CCc2ccccc2C1)c1ccc(F)c(F)c1. The molecule has 24 heavy (non-hydrogen) atoms. The minimum atomic E-state index is -4.03. The lowest BCUT2D eigenvalue weighted by Crippen LogP contribution is -2.46. The van der Waals surface area contributed by atoms with E-state index in [2.05, 4.69) is 4.72 Å². The van der Waals surface area contributed by atoms with Crippen LogP contribution >= 0.6 is 0 Å². The first-order valence-corrected chi connectivity index (χ1v) is 9.01. The third kappa shape index (κ3) is 3.48. The molecule has 0 aromatic heterocycles. The summed E-state index contributed by atoms with van der Waals surface area (Å²) < 4.78 is 52.9. The van der Waals surface area contributed by atoms with E-state index in [1.54, 1.807) is 0 Å². The second-order valence-corrected chi connectivity index (χ2v) is 7.84. The second-order valence-electron chi connectivity index (χ2n) is 6.07. The second kappa shape index (κ2) is 6.23. The Kier molecular flexibility index (Phi) is 4.42. The Morgan fingerprint density at radius 1 is 1.08 bits per heavy atom. The summed E-state index contributed by atoms with van der Waals surface area (Å²) in [5.41, 5.74) is 0.920. The van der Waals surface area contributed by atoms with Gasteiger partial charge in [-0.2, -0.15) is 0 Å². The van der Waals surface area contributed by atoms with E-state index in [0.717, 1.165) is 23.3 Å². The van der Waals surface area contributed by atoms with Crippen molar-refractivity contribution >= 4 is 10.0 Å². The van der Waals surface area contributed by atoms with E-state index in [1.165, 1.54) is 0 Å². The highest BCUT2D eigenvalue weighted by Gasteiger charge is 2.33. The zero-order chi connectivity index (χ0) is 17.4. The van der Waals surface area contributed by atoms with Crippen molar-refractivity contribution in [2.24, 2.45) is 0 Å². The van der Waals surface area contributed by atoms with Crippen LogP contribution in [0.15, 0.2) is 47.4 Å². The van der Waals surface area contributed by atoms with Crippen LogP contribution in [0.5, 0.6) is 0 Å². The molecule has 1 aliphatic rings. The van der Waals surface area contributed by atoms with E-state index >= 15 is 0 Å².